The van der Waals surface area contributed by atoms with Crippen LogP contribution in [0.2, 0.25) is 0 Å². The van der Waals surface area contributed by atoms with Gasteiger partial charge in [-0.15, -0.1) is 0 Å². The minimum absolute atomic E-state index is 0.153. The number of methoxy groups -OCH3 is 1. The summed E-state index contributed by atoms with van der Waals surface area (Å²) in [5.41, 5.74) is 0.746. The summed E-state index contributed by atoms with van der Waals surface area (Å²) in [7, 11) is 1.68. The Morgan fingerprint density at radius 3 is 2.82 bits per heavy atom. The summed E-state index contributed by atoms with van der Waals surface area (Å²) in [5.74, 6) is -0.153. The summed E-state index contributed by atoms with van der Waals surface area (Å²) in [6, 6.07) is 5.47. The zero-order chi connectivity index (χ0) is 12.7. The van der Waals surface area contributed by atoms with Gasteiger partial charge in [-0.2, -0.15) is 0 Å². The Bertz CT molecular complexity index is 346. The fourth-order valence-corrected chi connectivity index (χ4v) is 2.11. The first kappa shape index (κ1) is 14.6. The van der Waals surface area contributed by atoms with Crippen molar-refractivity contribution in [1.82, 2.24) is 5.32 Å². The van der Waals surface area contributed by atoms with Gasteiger partial charge < -0.3 is 10.1 Å². The Balaban J connectivity index is 2.64. The van der Waals surface area contributed by atoms with Crippen molar-refractivity contribution < 1.29 is 9.13 Å². The van der Waals surface area contributed by atoms with Crippen LogP contribution in [0.1, 0.15) is 18.9 Å². The highest BCUT2D eigenvalue weighted by molar-refractivity contribution is 9.10. The zero-order valence-corrected chi connectivity index (χ0v) is 11.9. The fraction of sp³-hybridized carbons (Fsp3) is 0.538. The van der Waals surface area contributed by atoms with E-state index in [9.17, 15) is 4.39 Å². The molecule has 1 unspecified atom stereocenters. The second-order valence-corrected chi connectivity index (χ2v) is 4.89. The summed E-state index contributed by atoms with van der Waals surface area (Å²) in [6.07, 6.45) is 1.58. The van der Waals surface area contributed by atoms with Gasteiger partial charge in [0, 0.05) is 24.2 Å². The highest BCUT2D eigenvalue weighted by Gasteiger charge is 2.11. The molecule has 0 radical (unpaired) electrons. The predicted octanol–water partition coefficient (Wildman–Crippen LogP) is 3.15. The molecule has 0 spiro atoms. The second-order valence-electron chi connectivity index (χ2n) is 3.98. The van der Waals surface area contributed by atoms with Gasteiger partial charge in [-0.25, -0.2) is 4.39 Å². The second kappa shape index (κ2) is 7.80. The smallest absolute Gasteiger partial charge is 0.127 e. The van der Waals surface area contributed by atoms with E-state index in [2.05, 4.69) is 28.2 Å². The fourth-order valence-electron chi connectivity index (χ4n) is 1.78. The first-order valence-electron chi connectivity index (χ1n) is 5.83. The molecule has 1 atom stereocenters. The molecule has 0 bridgehead atoms. The maximum absolute atomic E-state index is 13.7. The van der Waals surface area contributed by atoms with E-state index >= 15 is 0 Å². The molecule has 17 heavy (non-hydrogen) atoms. The van der Waals surface area contributed by atoms with Crippen molar-refractivity contribution in [2.45, 2.75) is 25.8 Å². The van der Waals surface area contributed by atoms with Crippen molar-refractivity contribution in [2.24, 2.45) is 0 Å². The number of ether oxygens (including phenoxy) is 1. The van der Waals surface area contributed by atoms with Crippen molar-refractivity contribution in [2.75, 3.05) is 20.3 Å². The number of nitrogens with one attached hydrogen (secondary N) is 1. The van der Waals surface area contributed by atoms with E-state index in [1.807, 2.05) is 12.1 Å². The average molecular weight is 304 g/mol. The summed E-state index contributed by atoms with van der Waals surface area (Å²) in [4.78, 5) is 0. The molecule has 0 saturated carbocycles. The lowest BCUT2D eigenvalue weighted by atomic mass is 10.0. The van der Waals surface area contributed by atoms with Gasteiger partial charge in [-0.3, -0.25) is 0 Å². The van der Waals surface area contributed by atoms with Gasteiger partial charge in [-0.05, 0) is 37.1 Å². The van der Waals surface area contributed by atoms with E-state index < -0.39 is 0 Å². The quantitative estimate of drug-likeness (QED) is 0.835. The van der Waals surface area contributed by atoms with E-state index in [1.165, 1.54) is 6.07 Å². The van der Waals surface area contributed by atoms with E-state index in [1.54, 1.807) is 7.11 Å². The number of hydrogen-bond acceptors (Lipinski definition) is 2. The number of rotatable bonds is 7. The number of benzene rings is 1. The van der Waals surface area contributed by atoms with E-state index in [0.29, 0.717) is 13.0 Å². The zero-order valence-electron chi connectivity index (χ0n) is 10.3. The molecule has 0 amide bonds. The maximum Gasteiger partial charge on any atom is 0.127 e. The SMILES string of the molecule is CCNC(CCOC)Cc1ccc(Br)cc1F. The minimum Gasteiger partial charge on any atom is -0.385 e. The van der Waals surface area contributed by atoms with Crippen molar-refractivity contribution in [1.29, 1.82) is 0 Å². The molecule has 0 heterocycles. The van der Waals surface area contributed by atoms with E-state index in [4.69, 9.17) is 4.74 Å². The normalized spacial score (nSPS) is 12.7. The van der Waals surface area contributed by atoms with Crippen LogP contribution in [0.25, 0.3) is 0 Å². The summed E-state index contributed by atoms with van der Waals surface area (Å²) >= 11 is 3.26. The van der Waals surface area contributed by atoms with E-state index in [-0.39, 0.29) is 11.9 Å². The summed E-state index contributed by atoms with van der Waals surface area (Å²) in [5, 5.41) is 3.35. The Labute approximate surface area is 111 Å². The van der Waals surface area contributed by atoms with E-state index in [0.717, 1.165) is 23.0 Å². The molecule has 0 fully saturated rings. The molecular formula is C13H19BrFNO. The van der Waals surface area contributed by atoms with Crippen LogP contribution in [-0.2, 0) is 11.2 Å². The molecular weight excluding hydrogens is 285 g/mol. The highest BCUT2D eigenvalue weighted by Crippen LogP contribution is 2.17. The lowest BCUT2D eigenvalue weighted by Crippen LogP contribution is -2.32. The molecule has 2 nitrogen and oxygen atoms in total. The number of likely N-dealkylation sites (N-methyl/N-ethyl adjacent to an activating group) is 1. The first-order valence-corrected chi connectivity index (χ1v) is 6.63. The van der Waals surface area contributed by atoms with Crippen LogP contribution in [0.4, 0.5) is 4.39 Å². The van der Waals surface area contributed by atoms with Crippen LogP contribution in [0.15, 0.2) is 22.7 Å². The lowest BCUT2D eigenvalue weighted by Gasteiger charge is -2.18. The van der Waals surface area contributed by atoms with Crippen molar-refractivity contribution in [3.63, 3.8) is 0 Å². The average Bonchev–Trinajstić information content (AvgIpc) is 2.29. The van der Waals surface area contributed by atoms with Crippen molar-refractivity contribution in [3.8, 4) is 0 Å². The third kappa shape index (κ3) is 5.15. The Morgan fingerprint density at radius 1 is 1.47 bits per heavy atom. The molecule has 1 N–H and O–H groups in total. The molecule has 1 aromatic rings. The predicted molar refractivity (Wildman–Crippen MR) is 71.8 cm³/mol. The number of halogens is 2. The molecule has 1 aromatic carbocycles. The van der Waals surface area contributed by atoms with Crippen molar-refractivity contribution >= 4 is 15.9 Å². The van der Waals surface area contributed by atoms with Gasteiger partial charge in [0.25, 0.3) is 0 Å². The first-order chi connectivity index (χ1) is 8.17. The molecule has 0 aliphatic rings. The Kier molecular flexibility index (Phi) is 6.70. The highest BCUT2D eigenvalue weighted by atomic mass is 79.9. The molecule has 0 aliphatic heterocycles. The topological polar surface area (TPSA) is 21.3 Å². The van der Waals surface area contributed by atoms with Crippen LogP contribution < -0.4 is 5.32 Å². The van der Waals surface area contributed by atoms with Crippen LogP contribution >= 0.6 is 15.9 Å². The molecule has 1 rings (SSSR count). The largest absolute Gasteiger partial charge is 0.385 e. The van der Waals surface area contributed by atoms with Crippen LogP contribution in [0.3, 0.4) is 0 Å². The molecule has 0 aromatic heterocycles. The Hall–Kier alpha value is -0.450. The molecule has 0 aliphatic carbocycles. The maximum atomic E-state index is 13.7. The van der Waals surface area contributed by atoms with Gasteiger partial charge >= 0.3 is 0 Å². The van der Waals surface area contributed by atoms with Crippen LogP contribution in [-0.4, -0.2) is 26.3 Å². The molecule has 96 valence electrons. The van der Waals surface area contributed by atoms with Gasteiger partial charge in [-0.1, -0.05) is 28.9 Å². The van der Waals surface area contributed by atoms with Gasteiger partial charge in [0.2, 0.25) is 0 Å². The molecule has 0 saturated heterocycles. The standard InChI is InChI=1S/C13H19BrFNO/c1-3-16-12(6-7-17-2)8-10-4-5-11(14)9-13(10)15/h4-5,9,12,16H,3,6-8H2,1-2H3. The lowest BCUT2D eigenvalue weighted by molar-refractivity contribution is 0.182. The van der Waals surface area contributed by atoms with Crippen molar-refractivity contribution in [3.05, 3.63) is 34.1 Å². The number of hydrogen-bond donors (Lipinski definition) is 1. The van der Waals surface area contributed by atoms with Crippen LogP contribution in [0.5, 0.6) is 0 Å². The molecule has 4 heteroatoms. The third-order valence-electron chi connectivity index (χ3n) is 2.64. The third-order valence-corrected chi connectivity index (χ3v) is 3.14. The monoisotopic (exact) mass is 303 g/mol. The Morgan fingerprint density at radius 2 is 2.24 bits per heavy atom. The summed E-state index contributed by atoms with van der Waals surface area (Å²) < 4.78 is 19.5. The van der Waals surface area contributed by atoms with Gasteiger partial charge in [0.15, 0.2) is 0 Å². The van der Waals surface area contributed by atoms with Gasteiger partial charge in [0.1, 0.15) is 5.82 Å². The van der Waals surface area contributed by atoms with Crippen LogP contribution in [0, 0.1) is 5.82 Å². The minimum atomic E-state index is -0.153. The van der Waals surface area contributed by atoms with Gasteiger partial charge in [0.05, 0.1) is 0 Å². The summed E-state index contributed by atoms with van der Waals surface area (Å²) in [6.45, 7) is 3.63.